The second kappa shape index (κ2) is 9.31. The number of aromatic amines is 1. The molecular weight excluding hydrogens is 406 g/mol. The molecule has 0 saturated carbocycles. The number of hydrogen-bond acceptors (Lipinski definition) is 3. The maximum atomic E-state index is 12.7. The van der Waals surface area contributed by atoms with E-state index in [0.717, 1.165) is 34.8 Å². The first-order valence-electron chi connectivity index (χ1n) is 10.6. The van der Waals surface area contributed by atoms with Gasteiger partial charge in [-0.15, -0.1) is 0 Å². The molecule has 3 aromatic rings. The number of H-pyrrole nitrogens is 1. The van der Waals surface area contributed by atoms with Gasteiger partial charge in [-0.25, -0.2) is 0 Å². The fraction of sp³-hybridized carbons (Fsp3) is 0.292. The highest BCUT2D eigenvalue weighted by Gasteiger charge is 2.40. The lowest BCUT2D eigenvalue weighted by Crippen LogP contribution is -2.33. The summed E-state index contributed by atoms with van der Waals surface area (Å²) in [5.41, 5.74) is 5.06. The predicted molar refractivity (Wildman–Crippen MR) is 127 cm³/mol. The highest BCUT2D eigenvalue weighted by atomic mass is 32.1. The van der Waals surface area contributed by atoms with Crippen molar-refractivity contribution in [1.82, 2.24) is 20.2 Å². The molecule has 0 radical (unpaired) electrons. The summed E-state index contributed by atoms with van der Waals surface area (Å²) in [6, 6.07) is 17.8. The Hall–Kier alpha value is -3.19. The van der Waals surface area contributed by atoms with E-state index in [-0.39, 0.29) is 18.0 Å². The quantitative estimate of drug-likeness (QED) is 0.485. The maximum absolute atomic E-state index is 12.7. The molecule has 1 amide bonds. The molecule has 3 heterocycles. The molecule has 1 aliphatic heterocycles. The van der Waals surface area contributed by atoms with Crippen molar-refractivity contribution in [3.63, 3.8) is 0 Å². The van der Waals surface area contributed by atoms with Crippen molar-refractivity contribution in [1.29, 1.82) is 0 Å². The standard InChI is InChI=1S/C24H27N5OS/c1-3-17-8-4-5-9-18(17)27-21(30)13-15-29-23(20-12-11-16(2)26-20)22(28-24(29)31)19-10-6-7-14-25-19/h4-12,14,22-23,26H,3,13,15H2,1-2H3,(H,27,30)(H,28,31)/t22-,23+/m1/s1. The molecule has 1 saturated heterocycles. The molecule has 1 aromatic carbocycles. The van der Waals surface area contributed by atoms with E-state index in [1.807, 2.05) is 49.4 Å². The Morgan fingerprint density at radius 3 is 2.68 bits per heavy atom. The Morgan fingerprint density at radius 2 is 1.97 bits per heavy atom. The van der Waals surface area contributed by atoms with E-state index >= 15 is 0 Å². The summed E-state index contributed by atoms with van der Waals surface area (Å²) in [5, 5.41) is 7.10. The van der Waals surface area contributed by atoms with Gasteiger partial charge in [-0.1, -0.05) is 31.2 Å². The largest absolute Gasteiger partial charge is 0.361 e. The number of rotatable bonds is 7. The number of aryl methyl sites for hydroxylation is 2. The van der Waals surface area contributed by atoms with Crippen LogP contribution < -0.4 is 10.6 Å². The van der Waals surface area contributed by atoms with Gasteiger partial charge in [-0.05, 0) is 61.5 Å². The Labute approximate surface area is 188 Å². The van der Waals surface area contributed by atoms with Crippen LogP contribution >= 0.6 is 12.2 Å². The fourth-order valence-electron chi connectivity index (χ4n) is 4.07. The average molecular weight is 434 g/mol. The minimum absolute atomic E-state index is 0.0218. The van der Waals surface area contributed by atoms with Gasteiger partial charge in [0.25, 0.3) is 0 Å². The molecule has 1 fully saturated rings. The third-order valence-electron chi connectivity index (χ3n) is 5.62. The lowest BCUT2D eigenvalue weighted by atomic mass is 10.0. The minimum Gasteiger partial charge on any atom is -0.361 e. The van der Waals surface area contributed by atoms with E-state index in [4.69, 9.17) is 12.2 Å². The first-order chi connectivity index (χ1) is 15.1. The van der Waals surface area contributed by atoms with Gasteiger partial charge < -0.3 is 20.5 Å². The van der Waals surface area contributed by atoms with E-state index in [1.165, 1.54) is 0 Å². The van der Waals surface area contributed by atoms with Crippen LogP contribution in [0, 0.1) is 6.92 Å². The molecular formula is C24H27N5OS. The first kappa shape index (κ1) is 21.1. The van der Waals surface area contributed by atoms with Gasteiger partial charge in [0.2, 0.25) is 5.91 Å². The number of carbonyl (C=O) groups is 1. The number of benzene rings is 1. The molecule has 160 valence electrons. The van der Waals surface area contributed by atoms with Crippen molar-refractivity contribution in [3.8, 4) is 0 Å². The van der Waals surface area contributed by atoms with Gasteiger partial charge in [0.15, 0.2) is 5.11 Å². The molecule has 1 aliphatic rings. The molecule has 2 atom stereocenters. The van der Waals surface area contributed by atoms with Gasteiger partial charge in [0.05, 0.1) is 17.8 Å². The van der Waals surface area contributed by atoms with Crippen LogP contribution in [0.1, 0.15) is 48.1 Å². The third kappa shape index (κ3) is 4.61. The number of nitrogens with one attached hydrogen (secondary N) is 3. The molecule has 6 nitrogen and oxygen atoms in total. The molecule has 0 bridgehead atoms. The number of nitrogens with zero attached hydrogens (tertiary/aromatic N) is 2. The summed E-state index contributed by atoms with van der Waals surface area (Å²) in [7, 11) is 0. The molecule has 31 heavy (non-hydrogen) atoms. The predicted octanol–water partition coefficient (Wildman–Crippen LogP) is 4.28. The van der Waals surface area contributed by atoms with Crippen molar-refractivity contribution < 1.29 is 4.79 Å². The van der Waals surface area contributed by atoms with E-state index in [2.05, 4.69) is 44.6 Å². The molecule has 3 N–H and O–H groups in total. The van der Waals surface area contributed by atoms with E-state index < -0.39 is 0 Å². The third-order valence-corrected chi connectivity index (χ3v) is 5.98. The van der Waals surface area contributed by atoms with Crippen molar-refractivity contribution in [2.45, 2.75) is 38.8 Å². The van der Waals surface area contributed by atoms with Gasteiger partial charge >= 0.3 is 0 Å². The monoisotopic (exact) mass is 433 g/mol. The average Bonchev–Trinajstić information content (AvgIpc) is 3.35. The highest BCUT2D eigenvalue weighted by Crippen LogP contribution is 2.38. The SMILES string of the molecule is CCc1ccccc1NC(=O)CCN1C(=S)N[C@H](c2ccccn2)[C@@H]1c1ccc(C)[nH]1. The Bertz CT molecular complexity index is 1060. The van der Waals surface area contributed by atoms with Crippen LogP contribution in [0.5, 0.6) is 0 Å². The maximum Gasteiger partial charge on any atom is 0.226 e. The lowest BCUT2D eigenvalue weighted by molar-refractivity contribution is -0.116. The Kier molecular flexibility index (Phi) is 6.32. The smallest absolute Gasteiger partial charge is 0.226 e. The number of anilines is 1. The number of pyridine rings is 1. The first-order valence-corrected chi connectivity index (χ1v) is 11.0. The second-order valence-electron chi connectivity index (χ2n) is 7.73. The fourth-order valence-corrected chi connectivity index (χ4v) is 4.40. The van der Waals surface area contributed by atoms with Crippen molar-refractivity contribution in [3.05, 3.63) is 83.4 Å². The summed E-state index contributed by atoms with van der Waals surface area (Å²) in [5.74, 6) is -0.0218. The normalized spacial score (nSPS) is 18.1. The minimum atomic E-state index is -0.0874. The second-order valence-corrected chi connectivity index (χ2v) is 8.11. The zero-order valence-corrected chi connectivity index (χ0v) is 18.6. The lowest BCUT2D eigenvalue weighted by Gasteiger charge is -2.27. The number of amides is 1. The van der Waals surface area contributed by atoms with Crippen LogP contribution in [0.25, 0.3) is 0 Å². The van der Waals surface area contributed by atoms with E-state index in [9.17, 15) is 4.79 Å². The van der Waals surface area contributed by atoms with Crippen LogP contribution in [-0.2, 0) is 11.2 Å². The summed E-state index contributed by atoms with van der Waals surface area (Å²) in [4.78, 5) is 22.8. The number of carbonyl (C=O) groups excluding carboxylic acids is 1. The highest BCUT2D eigenvalue weighted by molar-refractivity contribution is 7.80. The van der Waals surface area contributed by atoms with Crippen molar-refractivity contribution >= 4 is 28.9 Å². The Morgan fingerprint density at radius 1 is 1.16 bits per heavy atom. The van der Waals surface area contributed by atoms with Crippen LogP contribution in [0.2, 0.25) is 0 Å². The van der Waals surface area contributed by atoms with E-state index in [0.29, 0.717) is 18.1 Å². The number of thiocarbonyl (C=S) groups is 1. The van der Waals surface area contributed by atoms with Crippen molar-refractivity contribution in [2.75, 3.05) is 11.9 Å². The number of para-hydroxylation sites is 1. The van der Waals surface area contributed by atoms with Gasteiger partial charge in [-0.2, -0.15) is 0 Å². The van der Waals surface area contributed by atoms with Gasteiger partial charge in [0, 0.05) is 36.2 Å². The zero-order valence-electron chi connectivity index (χ0n) is 17.8. The van der Waals surface area contributed by atoms with Gasteiger partial charge in [-0.3, -0.25) is 9.78 Å². The number of aromatic nitrogens is 2. The molecule has 7 heteroatoms. The topological polar surface area (TPSA) is 73.1 Å². The molecule has 4 rings (SSSR count). The molecule has 0 spiro atoms. The Balaban J connectivity index is 1.52. The van der Waals surface area contributed by atoms with Crippen LogP contribution in [-0.4, -0.2) is 32.4 Å². The van der Waals surface area contributed by atoms with Crippen molar-refractivity contribution in [2.24, 2.45) is 0 Å². The summed E-state index contributed by atoms with van der Waals surface area (Å²) in [6.07, 6.45) is 3.00. The molecule has 0 unspecified atom stereocenters. The molecule has 2 aromatic heterocycles. The van der Waals surface area contributed by atoms with E-state index in [1.54, 1.807) is 6.20 Å². The zero-order chi connectivity index (χ0) is 21.8. The summed E-state index contributed by atoms with van der Waals surface area (Å²) < 4.78 is 0. The summed E-state index contributed by atoms with van der Waals surface area (Å²) in [6.45, 7) is 4.63. The van der Waals surface area contributed by atoms with Crippen LogP contribution in [0.15, 0.2) is 60.8 Å². The van der Waals surface area contributed by atoms with Crippen LogP contribution in [0.3, 0.4) is 0 Å². The molecule has 0 aliphatic carbocycles. The number of hydrogen-bond donors (Lipinski definition) is 3. The van der Waals surface area contributed by atoms with Gasteiger partial charge in [0.1, 0.15) is 0 Å². The van der Waals surface area contributed by atoms with Crippen LogP contribution in [0.4, 0.5) is 5.69 Å². The summed E-state index contributed by atoms with van der Waals surface area (Å²) >= 11 is 5.66.